The quantitative estimate of drug-likeness (QED) is 0.751. The van der Waals surface area contributed by atoms with E-state index in [2.05, 4.69) is 0 Å². The summed E-state index contributed by atoms with van der Waals surface area (Å²) >= 11 is 0. The Bertz CT molecular complexity index is 747. The molecule has 0 amide bonds. The van der Waals surface area contributed by atoms with Crippen molar-refractivity contribution in [2.45, 2.75) is 45.3 Å². The second-order valence-corrected chi connectivity index (χ2v) is 5.78. The summed E-state index contributed by atoms with van der Waals surface area (Å²) in [6, 6.07) is 2.89. The number of fused-ring (bicyclic) bond motifs is 1. The standard InChI is InChI=1S/C17H22O6/c1-9(18)6-11(19)4-5-12-14(22-3)8-15-16(17(12)21)13(20)7-10(2)23-15/h7-9,11,18-19,21H,4-6H2,1-3H3/t9-,11-/m0/s1. The average Bonchev–Trinajstić information content (AvgIpc) is 2.44. The SMILES string of the molecule is COc1cc2oc(C)cc(=O)c2c(O)c1CC[C@H](O)C[C@H](C)O. The van der Waals surface area contributed by atoms with Crippen molar-refractivity contribution in [1.82, 2.24) is 0 Å². The van der Waals surface area contributed by atoms with Crippen LogP contribution in [0.1, 0.15) is 31.1 Å². The number of rotatable bonds is 6. The van der Waals surface area contributed by atoms with Crippen LogP contribution in [0.2, 0.25) is 0 Å². The molecule has 0 aliphatic heterocycles. The summed E-state index contributed by atoms with van der Waals surface area (Å²) in [7, 11) is 1.46. The minimum Gasteiger partial charge on any atom is -0.507 e. The zero-order valence-corrected chi connectivity index (χ0v) is 13.5. The predicted molar refractivity (Wildman–Crippen MR) is 86.1 cm³/mol. The summed E-state index contributed by atoms with van der Waals surface area (Å²) in [6.07, 6.45) is -0.418. The summed E-state index contributed by atoms with van der Waals surface area (Å²) in [6.45, 7) is 3.26. The Morgan fingerprint density at radius 1 is 1.30 bits per heavy atom. The van der Waals surface area contributed by atoms with Crippen molar-refractivity contribution in [2.75, 3.05) is 7.11 Å². The first-order chi connectivity index (χ1) is 10.8. The van der Waals surface area contributed by atoms with E-state index >= 15 is 0 Å². The van der Waals surface area contributed by atoms with E-state index in [1.165, 1.54) is 13.2 Å². The third-order valence-corrected chi connectivity index (χ3v) is 3.74. The average molecular weight is 322 g/mol. The molecule has 2 aromatic rings. The first kappa shape index (κ1) is 17.3. The highest BCUT2D eigenvalue weighted by Gasteiger charge is 2.19. The van der Waals surface area contributed by atoms with Gasteiger partial charge in [-0.2, -0.15) is 0 Å². The van der Waals surface area contributed by atoms with E-state index in [1.807, 2.05) is 0 Å². The molecular formula is C17H22O6. The minimum absolute atomic E-state index is 0.108. The number of ether oxygens (including phenoxy) is 1. The highest BCUT2D eigenvalue weighted by molar-refractivity contribution is 5.86. The van der Waals surface area contributed by atoms with Gasteiger partial charge in [0.05, 0.1) is 19.3 Å². The summed E-state index contributed by atoms with van der Waals surface area (Å²) < 4.78 is 10.8. The minimum atomic E-state index is -0.704. The highest BCUT2D eigenvalue weighted by Crippen LogP contribution is 2.36. The summed E-state index contributed by atoms with van der Waals surface area (Å²) in [5, 5.41) is 29.7. The van der Waals surface area contributed by atoms with E-state index in [0.29, 0.717) is 29.9 Å². The zero-order chi connectivity index (χ0) is 17.1. The topological polar surface area (TPSA) is 100 Å². The summed E-state index contributed by atoms with van der Waals surface area (Å²) in [5.41, 5.74) is 0.383. The van der Waals surface area contributed by atoms with Crippen LogP contribution in [0.5, 0.6) is 11.5 Å². The Kier molecular flexibility index (Phi) is 5.28. The molecule has 0 fully saturated rings. The number of phenols is 1. The Morgan fingerprint density at radius 3 is 2.61 bits per heavy atom. The molecule has 126 valence electrons. The Labute approximate surface area is 133 Å². The molecule has 0 saturated carbocycles. The Hall–Kier alpha value is -2.05. The van der Waals surface area contributed by atoms with Gasteiger partial charge in [0.1, 0.15) is 28.2 Å². The van der Waals surface area contributed by atoms with Crippen molar-refractivity contribution in [3.05, 3.63) is 33.7 Å². The van der Waals surface area contributed by atoms with Crippen LogP contribution in [-0.4, -0.2) is 34.6 Å². The molecule has 0 spiro atoms. The van der Waals surface area contributed by atoms with Gasteiger partial charge in [-0.3, -0.25) is 4.79 Å². The molecule has 0 unspecified atom stereocenters. The molecule has 0 aliphatic carbocycles. The molecule has 0 saturated heterocycles. The van der Waals surface area contributed by atoms with Crippen molar-refractivity contribution < 1.29 is 24.5 Å². The summed E-state index contributed by atoms with van der Waals surface area (Å²) in [5.74, 6) is 0.661. The lowest BCUT2D eigenvalue weighted by Gasteiger charge is -2.16. The molecule has 2 atom stereocenters. The lowest BCUT2D eigenvalue weighted by atomic mass is 9.99. The van der Waals surface area contributed by atoms with Crippen LogP contribution < -0.4 is 10.2 Å². The smallest absolute Gasteiger partial charge is 0.196 e. The highest BCUT2D eigenvalue weighted by atomic mass is 16.5. The monoisotopic (exact) mass is 322 g/mol. The van der Waals surface area contributed by atoms with Crippen LogP contribution in [0.25, 0.3) is 11.0 Å². The van der Waals surface area contributed by atoms with E-state index in [0.717, 1.165) is 0 Å². The molecule has 1 heterocycles. The Balaban J connectivity index is 2.42. The number of aromatic hydroxyl groups is 1. The van der Waals surface area contributed by atoms with Crippen LogP contribution in [0.3, 0.4) is 0 Å². The number of aryl methyl sites for hydroxylation is 1. The molecule has 6 nitrogen and oxygen atoms in total. The van der Waals surface area contributed by atoms with Gasteiger partial charge in [-0.05, 0) is 33.1 Å². The van der Waals surface area contributed by atoms with Crippen molar-refractivity contribution in [2.24, 2.45) is 0 Å². The Morgan fingerprint density at radius 2 is 2.00 bits per heavy atom. The molecule has 3 N–H and O–H groups in total. The largest absolute Gasteiger partial charge is 0.507 e. The second kappa shape index (κ2) is 7.02. The maximum absolute atomic E-state index is 12.1. The van der Waals surface area contributed by atoms with Crippen molar-refractivity contribution in [3.63, 3.8) is 0 Å². The molecule has 2 rings (SSSR count). The van der Waals surface area contributed by atoms with Crippen molar-refractivity contribution in [1.29, 1.82) is 0 Å². The first-order valence-corrected chi connectivity index (χ1v) is 7.53. The number of phenolic OH excluding ortho intramolecular Hbond substituents is 1. The van der Waals surface area contributed by atoms with Gasteiger partial charge in [0.25, 0.3) is 0 Å². The number of hydrogen-bond acceptors (Lipinski definition) is 6. The van der Waals surface area contributed by atoms with Crippen molar-refractivity contribution >= 4 is 11.0 Å². The van der Waals surface area contributed by atoms with E-state index in [1.54, 1.807) is 19.9 Å². The lowest BCUT2D eigenvalue weighted by Crippen LogP contribution is -2.16. The van der Waals surface area contributed by atoms with Gasteiger partial charge in [0.15, 0.2) is 5.43 Å². The molecule has 1 aromatic carbocycles. The fourth-order valence-corrected chi connectivity index (χ4v) is 2.69. The van der Waals surface area contributed by atoms with Gasteiger partial charge in [0.2, 0.25) is 0 Å². The fourth-order valence-electron chi connectivity index (χ4n) is 2.69. The van der Waals surface area contributed by atoms with Crippen LogP contribution in [0.4, 0.5) is 0 Å². The normalized spacial score (nSPS) is 14.0. The van der Waals surface area contributed by atoms with Crippen molar-refractivity contribution in [3.8, 4) is 11.5 Å². The van der Waals surface area contributed by atoms with E-state index in [9.17, 15) is 20.1 Å². The van der Waals surface area contributed by atoms with Gasteiger partial charge in [-0.25, -0.2) is 0 Å². The predicted octanol–water partition coefficient (Wildman–Crippen LogP) is 1.88. The molecule has 0 aliphatic rings. The third-order valence-electron chi connectivity index (χ3n) is 3.74. The molecule has 6 heteroatoms. The van der Waals surface area contributed by atoms with Crippen LogP contribution in [0.15, 0.2) is 21.3 Å². The number of hydrogen-bond donors (Lipinski definition) is 3. The maximum atomic E-state index is 12.1. The molecule has 0 radical (unpaired) electrons. The van der Waals surface area contributed by atoms with Crippen LogP contribution in [-0.2, 0) is 6.42 Å². The fraction of sp³-hybridized carbons (Fsp3) is 0.471. The van der Waals surface area contributed by atoms with E-state index < -0.39 is 12.2 Å². The van der Waals surface area contributed by atoms with Gasteiger partial charge in [-0.1, -0.05) is 0 Å². The number of benzene rings is 1. The molecular weight excluding hydrogens is 300 g/mol. The summed E-state index contributed by atoms with van der Waals surface area (Å²) in [4.78, 5) is 12.1. The number of methoxy groups -OCH3 is 1. The van der Waals surface area contributed by atoms with Crippen LogP contribution >= 0.6 is 0 Å². The molecule has 1 aromatic heterocycles. The van der Waals surface area contributed by atoms with Gasteiger partial charge >= 0.3 is 0 Å². The van der Waals surface area contributed by atoms with Crippen LogP contribution in [0, 0.1) is 6.92 Å². The van der Waals surface area contributed by atoms with Gasteiger partial charge in [0, 0.05) is 17.7 Å². The lowest BCUT2D eigenvalue weighted by molar-refractivity contribution is 0.0852. The van der Waals surface area contributed by atoms with E-state index in [4.69, 9.17) is 9.15 Å². The zero-order valence-electron chi connectivity index (χ0n) is 13.5. The van der Waals surface area contributed by atoms with E-state index in [-0.39, 0.29) is 28.6 Å². The van der Waals surface area contributed by atoms with Gasteiger partial charge < -0.3 is 24.5 Å². The second-order valence-electron chi connectivity index (χ2n) is 5.78. The number of aliphatic hydroxyl groups is 2. The third kappa shape index (κ3) is 3.83. The first-order valence-electron chi connectivity index (χ1n) is 7.53. The molecule has 23 heavy (non-hydrogen) atoms. The van der Waals surface area contributed by atoms with Gasteiger partial charge in [-0.15, -0.1) is 0 Å². The maximum Gasteiger partial charge on any atom is 0.196 e. The number of aliphatic hydroxyl groups excluding tert-OH is 2. The molecule has 0 bridgehead atoms.